The van der Waals surface area contributed by atoms with Crippen LogP contribution in [-0.2, 0) is 19.1 Å². The fraction of sp³-hybridized carbons (Fsp3) is 0.800. The minimum Gasteiger partial charge on any atom is -0.462 e. The standard InChI is InChI=1S/C5H9NO2.C5H10O2/c1-8-4-2-3-6-5(4)7;1-5(2,3)7-4-6/h4H,2-3H2,1H3,(H,6,7);4H,1-3H3. The highest BCUT2D eigenvalue weighted by Crippen LogP contribution is 2.02. The van der Waals surface area contributed by atoms with Crippen LogP contribution >= 0.6 is 0 Å². The zero-order chi connectivity index (χ0) is 11.9. The highest BCUT2D eigenvalue weighted by atomic mass is 16.5. The molecule has 1 aliphatic heterocycles. The zero-order valence-corrected chi connectivity index (χ0v) is 9.70. The first-order chi connectivity index (χ1) is 6.90. The summed E-state index contributed by atoms with van der Waals surface area (Å²) in [5, 5.41) is 2.66. The third-order valence-corrected chi connectivity index (χ3v) is 1.68. The Labute approximate surface area is 90.1 Å². The van der Waals surface area contributed by atoms with Gasteiger partial charge in [-0.2, -0.15) is 0 Å². The second-order valence-corrected chi connectivity index (χ2v) is 4.13. The van der Waals surface area contributed by atoms with Gasteiger partial charge in [0.25, 0.3) is 6.47 Å². The van der Waals surface area contributed by atoms with Crippen LogP contribution in [0.4, 0.5) is 0 Å². The van der Waals surface area contributed by atoms with Gasteiger partial charge in [0.05, 0.1) is 0 Å². The molecule has 0 bridgehead atoms. The molecule has 0 aromatic carbocycles. The van der Waals surface area contributed by atoms with Gasteiger partial charge in [-0.15, -0.1) is 0 Å². The molecular weight excluding hydrogens is 198 g/mol. The molecule has 0 aliphatic carbocycles. The summed E-state index contributed by atoms with van der Waals surface area (Å²) < 4.78 is 9.36. The van der Waals surface area contributed by atoms with E-state index in [2.05, 4.69) is 10.1 Å². The third-order valence-electron chi connectivity index (χ3n) is 1.68. The van der Waals surface area contributed by atoms with E-state index in [4.69, 9.17) is 4.74 Å². The summed E-state index contributed by atoms with van der Waals surface area (Å²) in [5.74, 6) is 0.0208. The van der Waals surface area contributed by atoms with Gasteiger partial charge in [-0.1, -0.05) is 0 Å². The van der Waals surface area contributed by atoms with Crippen LogP contribution in [0.1, 0.15) is 27.2 Å². The first kappa shape index (κ1) is 13.9. The molecule has 1 atom stereocenters. The zero-order valence-electron chi connectivity index (χ0n) is 9.70. The fourth-order valence-electron chi connectivity index (χ4n) is 0.941. The first-order valence-electron chi connectivity index (χ1n) is 4.82. The second kappa shape index (κ2) is 6.40. The van der Waals surface area contributed by atoms with Crippen molar-refractivity contribution in [1.82, 2.24) is 5.32 Å². The Hall–Kier alpha value is -1.10. The Balaban J connectivity index is 0.000000265. The molecule has 0 radical (unpaired) electrons. The Morgan fingerprint density at radius 3 is 2.20 bits per heavy atom. The van der Waals surface area contributed by atoms with Crippen molar-refractivity contribution in [1.29, 1.82) is 0 Å². The molecule has 1 N–H and O–H groups in total. The van der Waals surface area contributed by atoms with Crippen molar-refractivity contribution in [3.63, 3.8) is 0 Å². The summed E-state index contributed by atoms with van der Waals surface area (Å²) in [5.41, 5.74) is -0.318. The fourth-order valence-corrected chi connectivity index (χ4v) is 0.941. The molecule has 1 aliphatic rings. The Bertz CT molecular complexity index is 210. The van der Waals surface area contributed by atoms with Crippen LogP contribution < -0.4 is 5.32 Å². The van der Waals surface area contributed by atoms with E-state index in [1.165, 1.54) is 0 Å². The molecule has 1 rings (SSSR count). The predicted molar refractivity (Wildman–Crippen MR) is 55.3 cm³/mol. The lowest BCUT2D eigenvalue weighted by atomic mass is 10.2. The maximum atomic E-state index is 10.6. The maximum Gasteiger partial charge on any atom is 0.293 e. The van der Waals surface area contributed by atoms with Gasteiger partial charge >= 0.3 is 0 Å². The minimum atomic E-state index is -0.318. The maximum absolute atomic E-state index is 10.6. The molecule has 1 saturated heterocycles. The molecule has 1 fully saturated rings. The molecule has 5 nitrogen and oxygen atoms in total. The largest absolute Gasteiger partial charge is 0.462 e. The molecular formula is C10H19NO4. The van der Waals surface area contributed by atoms with Gasteiger partial charge in [0.1, 0.15) is 11.7 Å². The molecule has 0 spiro atoms. The number of methoxy groups -OCH3 is 1. The average Bonchev–Trinajstić information content (AvgIpc) is 2.49. The van der Waals surface area contributed by atoms with E-state index in [1.807, 2.05) is 20.8 Å². The van der Waals surface area contributed by atoms with Gasteiger partial charge in [0.15, 0.2) is 0 Å². The van der Waals surface area contributed by atoms with E-state index in [1.54, 1.807) is 7.11 Å². The van der Waals surface area contributed by atoms with Crippen LogP contribution in [0.5, 0.6) is 0 Å². The Morgan fingerprint density at radius 2 is 2.07 bits per heavy atom. The number of hydrogen-bond donors (Lipinski definition) is 1. The molecule has 0 aromatic heterocycles. The van der Waals surface area contributed by atoms with E-state index < -0.39 is 0 Å². The Morgan fingerprint density at radius 1 is 1.47 bits per heavy atom. The van der Waals surface area contributed by atoms with Crippen molar-refractivity contribution in [3.05, 3.63) is 0 Å². The van der Waals surface area contributed by atoms with Crippen LogP contribution in [0.2, 0.25) is 0 Å². The second-order valence-electron chi connectivity index (χ2n) is 4.13. The number of carbonyl (C=O) groups excluding carboxylic acids is 2. The van der Waals surface area contributed by atoms with Gasteiger partial charge in [0.2, 0.25) is 5.91 Å². The number of ether oxygens (including phenoxy) is 2. The molecule has 5 heteroatoms. The smallest absolute Gasteiger partial charge is 0.293 e. The van der Waals surface area contributed by atoms with Crippen molar-refractivity contribution in [2.24, 2.45) is 0 Å². The Kier molecular flexibility index (Phi) is 5.93. The quantitative estimate of drug-likeness (QED) is 0.683. The molecule has 15 heavy (non-hydrogen) atoms. The normalized spacial score (nSPS) is 20.0. The van der Waals surface area contributed by atoms with Crippen molar-refractivity contribution >= 4 is 12.4 Å². The summed E-state index contributed by atoms with van der Waals surface area (Å²) in [6.45, 7) is 6.68. The summed E-state index contributed by atoms with van der Waals surface area (Å²) >= 11 is 0. The summed E-state index contributed by atoms with van der Waals surface area (Å²) in [7, 11) is 1.55. The number of carbonyl (C=O) groups is 2. The van der Waals surface area contributed by atoms with Gasteiger partial charge in [-0.25, -0.2) is 0 Å². The van der Waals surface area contributed by atoms with E-state index in [-0.39, 0.29) is 17.6 Å². The SMILES string of the molecule is CC(C)(C)OC=O.COC1CCNC1=O. The van der Waals surface area contributed by atoms with Crippen molar-refractivity contribution in [3.8, 4) is 0 Å². The summed E-state index contributed by atoms with van der Waals surface area (Å²) in [6.07, 6.45) is 0.630. The van der Waals surface area contributed by atoms with E-state index in [0.29, 0.717) is 6.47 Å². The lowest BCUT2D eigenvalue weighted by Crippen LogP contribution is -2.23. The van der Waals surface area contributed by atoms with Gasteiger partial charge in [-0.05, 0) is 27.2 Å². The molecule has 0 aromatic rings. The van der Waals surface area contributed by atoms with Gasteiger partial charge < -0.3 is 14.8 Å². The van der Waals surface area contributed by atoms with Crippen LogP contribution in [-0.4, -0.2) is 37.7 Å². The van der Waals surface area contributed by atoms with Crippen molar-refractivity contribution in [2.45, 2.75) is 38.9 Å². The number of rotatable bonds is 2. The average molecular weight is 217 g/mol. The topological polar surface area (TPSA) is 64.6 Å². The van der Waals surface area contributed by atoms with Crippen LogP contribution in [0.15, 0.2) is 0 Å². The summed E-state index contributed by atoms with van der Waals surface area (Å²) in [4.78, 5) is 20.2. The molecule has 1 amide bonds. The molecule has 0 saturated carbocycles. The minimum absolute atomic E-state index is 0.0208. The third kappa shape index (κ3) is 6.90. The monoisotopic (exact) mass is 217 g/mol. The van der Waals surface area contributed by atoms with E-state index in [9.17, 15) is 9.59 Å². The highest BCUT2D eigenvalue weighted by molar-refractivity contribution is 5.82. The number of amides is 1. The molecule has 88 valence electrons. The lowest BCUT2D eigenvalue weighted by Gasteiger charge is -2.14. The lowest BCUT2D eigenvalue weighted by molar-refractivity contribution is -0.138. The predicted octanol–water partition coefficient (Wildman–Crippen LogP) is 0.479. The van der Waals surface area contributed by atoms with Crippen LogP contribution in [0.3, 0.4) is 0 Å². The highest BCUT2D eigenvalue weighted by Gasteiger charge is 2.22. The van der Waals surface area contributed by atoms with E-state index >= 15 is 0 Å². The number of nitrogens with one attached hydrogen (secondary N) is 1. The van der Waals surface area contributed by atoms with Gasteiger partial charge in [0, 0.05) is 13.7 Å². The van der Waals surface area contributed by atoms with Crippen LogP contribution in [0.25, 0.3) is 0 Å². The molecule has 1 heterocycles. The van der Waals surface area contributed by atoms with Crippen molar-refractivity contribution in [2.75, 3.05) is 13.7 Å². The van der Waals surface area contributed by atoms with Gasteiger partial charge in [-0.3, -0.25) is 9.59 Å². The number of hydrogen-bond acceptors (Lipinski definition) is 4. The van der Waals surface area contributed by atoms with E-state index in [0.717, 1.165) is 13.0 Å². The summed E-state index contributed by atoms with van der Waals surface area (Å²) in [6, 6.07) is 0. The van der Waals surface area contributed by atoms with Crippen LogP contribution in [0, 0.1) is 0 Å². The molecule has 1 unspecified atom stereocenters. The van der Waals surface area contributed by atoms with Crippen molar-refractivity contribution < 1.29 is 19.1 Å². The first-order valence-corrected chi connectivity index (χ1v) is 4.82.